The molecule has 2 heteroatoms. The third kappa shape index (κ3) is 4.87. The Hall–Kier alpha value is -5.83. The maximum atomic E-state index is 2.45. The summed E-state index contributed by atoms with van der Waals surface area (Å²) < 4.78 is 0. The van der Waals surface area contributed by atoms with Gasteiger partial charge in [0.2, 0.25) is 0 Å². The molecule has 1 aliphatic heterocycles. The van der Waals surface area contributed by atoms with E-state index in [1.807, 2.05) is 11.8 Å². The smallest absolute Gasteiger partial charge is 0.0750 e. The predicted molar refractivity (Wildman–Crippen MR) is 206 cm³/mol. The second kappa shape index (κ2) is 12.3. The maximum Gasteiger partial charge on any atom is 0.0750 e. The molecule has 0 N–H and O–H groups in total. The minimum Gasteiger partial charge on any atom is -0.310 e. The number of hydrogen-bond acceptors (Lipinski definition) is 2. The van der Waals surface area contributed by atoms with Gasteiger partial charge in [0.05, 0.1) is 11.1 Å². The van der Waals surface area contributed by atoms with E-state index in [4.69, 9.17) is 0 Å². The highest BCUT2D eigenvalue weighted by Crippen LogP contribution is 2.60. The van der Waals surface area contributed by atoms with E-state index in [-0.39, 0.29) is 0 Å². The van der Waals surface area contributed by atoms with E-state index < -0.39 is 5.41 Å². The van der Waals surface area contributed by atoms with Crippen LogP contribution in [0.1, 0.15) is 22.3 Å². The van der Waals surface area contributed by atoms with Gasteiger partial charge >= 0.3 is 0 Å². The van der Waals surface area contributed by atoms with Gasteiger partial charge in [-0.05, 0) is 81.1 Å². The molecule has 9 rings (SSSR count). The van der Waals surface area contributed by atoms with Gasteiger partial charge in [-0.15, -0.1) is 0 Å². The van der Waals surface area contributed by atoms with E-state index in [0.717, 1.165) is 17.1 Å². The van der Waals surface area contributed by atoms with Crippen molar-refractivity contribution in [2.24, 2.45) is 0 Å². The minimum atomic E-state index is -0.604. The third-order valence-electron chi connectivity index (χ3n) is 9.77. The van der Waals surface area contributed by atoms with Crippen molar-refractivity contribution in [3.8, 4) is 11.1 Å². The Morgan fingerprint density at radius 3 is 1.57 bits per heavy atom. The van der Waals surface area contributed by atoms with Crippen molar-refractivity contribution in [1.82, 2.24) is 0 Å². The zero-order chi connectivity index (χ0) is 32.6. The van der Waals surface area contributed by atoms with Crippen LogP contribution in [-0.4, -0.2) is 0 Å². The van der Waals surface area contributed by atoms with Crippen LogP contribution in [0, 0.1) is 0 Å². The van der Waals surface area contributed by atoms with Crippen LogP contribution in [0.25, 0.3) is 21.9 Å². The molecule has 0 saturated heterocycles. The molecule has 1 aliphatic rings. The first-order chi connectivity index (χ1) is 24.3. The first kappa shape index (κ1) is 29.3. The van der Waals surface area contributed by atoms with Gasteiger partial charge in [-0.3, -0.25) is 0 Å². The van der Waals surface area contributed by atoms with Gasteiger partial charge in [0, 0.05) is 26.7 Å². The molecule has 0 fully saturated rings. The number of benzene rings is 8. The van der Waals surface area contributed by atoms with Crippen LogP contribution in [-0.2, 0) is 5.41 Å². The van der Waals surface area contributed by atoms with Crippen molar-refractivity contribution >= 4 is 39.6 Å². The van der Waals surface area contributed by atoms with Crippen LogP contribution in [0.5, 0.6) is 0 Å². The largest absolute Gasteiger partial charge is 0.310 e. The van der Waals surface area contributed by atoms with Gasteiger partial charge in [-0.2, -0.15) is 0 Å². The summed E-state index contributed by atoms with van der Waals surface area (Å²) in [7, 11) is 0. The highest BCUT2D eigenvalue weighted by atomic mass is 32.2. The summed E-state index contributed by atoms with van der Waals surface area (Å²) in [5.74, 6) is 0. The van der Waals surface area contributed by atoms with Gasteiger partial charge in [-0.25, -0.2) is 0 Å². The summed E-state index contributed by atoms with van der Waals surface area (Å²) in [6, 6.07) is 73.0. The maximum absolute atomic E-state index is 2.45. The molecule has 1 heterocycles. The Labute approximate surface area is 292 Å². The SMILES string of the molecule is c1ccc(-c2ccc(N(c3ccccc3)c3cccc4c3C(c3ccccc3)(c3ccccc3)c3c(ccc5ccccc35)S4)cc2)cc1. The van der Waals surface area contributed by atoms with Gasteiger partial charge < -0.3 is 4.90 Å². The van der Waals surface area contributed by atoms with Gasteiger partial charge in [0.15, 0.2) is 0 Å². The summed E-state index contributed by atoms with van der Waals surface area (Å²) in [5, 5.41) is 2.52. The molecule has 0 saturated carbocycles. The first-order valence-electron chi connectivity index (χ1n) is 16.8. The molecule has 232 valence electrons. The summed E-state index contributed by atoms with van der Waals surface area (Å²) >= 11 is 1.88. The lowest BCUT2D eigenvalue weighted by Crippen LogP contribution is -2.36. The Balaban J connectivity index is 1.39. The molecule has 0 radical (unpaired) electrons. The summed E-state index contributed by atoms with van der Waals surface area (Å²) in [6.07, 6.45) is 0. The molecule has 0 unspecified atom stereocenters. The van der Waals surface area contributed by atoms with E-state index in [0.29, 0.717) is 0 Å². The van der Waals surface area contributed by atoms with Crippen LogP contribution >= 0.6 is 11.8 Å². The molecule has 0 atom stereocenters. The first-order valence-corrected chi connectivity index (χ1v) is 17.6. The zero-order valence-electron chi connectivity index (χ0n) is 26.9. The second-order valence-electron chi connectivity index (χ2n) is 12.5. The molecular formula is C47H33NS. The minimum absolute atomic E-state index is 0.604. The Morgan fingerprint density at radius 1 is 0.367 bits per heavy atom. The highest BCUT2D eigenvalue weighted by molar-refractivity contribution is 7.99. The monoisotopic (exact) mass is 643 g/mol. The molecule has 1 nitrogen and oxygen atoms in total. The van der Waals surface area contributed by atoms with Gasteiger partial charge in [0.25, 0.3) is 0 Å². The Morgan fingerprint density at radius 2 is 0.898 bits per heavy atom. The lowest BCUT2D eigenvalue weighted by molar-refractivity contribution is 0.710. The van der Waals surface area contributed by atoms with Crippen LogP contribution in [0.3, 0.4) is 0 Å². The van der Waals surface area contributed by atoms with Crippen molar-refractivity contribution in [2.45, 2.75) is 15.2 Å². The fourth-order valence-corrected chi connectivity index (χ4v) is 8.94. The van der Waals surface area contributed by atoms with Crippen LogP contribution in [0.2, 0.25) is 0 Å². The Bertz CT molecular complexity index is 2350. The van der Waals surface area contributed by atoms with Crippen molar-refractivity contribution < 1.29 is 0 Å². The highest BCUT2D eigenvalue weighted by Gasteiger charge is 2.47. The normalized spacial score (nSPS) is 13.0. The number of rotatable bonds is 6. The molecule has 0 spiro atoms. The second-order valence-corrected chi connectivity index (χ2v) is 13.6. The summed E-state index contributed by atoms with van der Waals surface area (Å²) in [5.41, 5.74) is 10.3. The molecule has 0 aliphatic carbocycles. The summed E-state index contributed by atoms with van der Waals surface area (Å²) in [6.45, 7) is 0. The lowest BCUT2D eigenvalue weighted by Gasteiger charge is -2.45. The molecule has 49 heavy (non-hydrogen) atoms. The van der Waals surface area contributed by atoms with E-state index in [9.17, 15) is 0 Å². The number of nitrogens with zero attached hydrogens (tertiary/aromatic N) is 1. The zero-order valence-corrected chi connectivity index (χ0v) is 27.7. The topological polar surface area (TPSA) is 3.24 Å². The molecule has 8 aromatic carbocycles. The lowest BCUT2D eigenvalue weighted by atomic mass is 9.63. The molecule has 0 aromatic heterocycles. The van der Waals surface area contributed by atoms with Gasteiger partial charge in [-0.1, -0.05) is 169 Å². The van der Waals surface area contributed by atoms with Crippen LogP contribution < -0.4 is 4.90 Å². The molecule has 8 aromatic rings. The van der Waals surface area contributed by atoms with E-state index in [2.05, 4.69) is 205 Å². The molecule has 0 bridgehead atoms. The number of para-hydroxylation sites is 1. The van der Waals surface area contributed by atoms with Crippen molar-refractivity contribution in [2.75, 3.05) is 4.90 Å². The molecule has 0 amide bonds. The number of fused-ring (bicyclic) bond motifs is 4. The average Bonchev–Trinajstić information content (AvgIpc) is 3.19. The quantitative estimate of drug-likeness (QED) is 0.177. The van der Waals surface area contributed by atoms with E-state index in [1.54, 1.807) is 0 Å². The standard InChI is InChI=1S/C47H33NS/c1-5-16-34(17-6-1)35-28-31-40(32-29-35)48(39-23-11-4-12-24-39)42-26-15-27-43-46(42)47(37-19-7-2-8-20-37,38-21-9-3-10-22-38)45-41-25-14-13-18-36(41)30-33-44(45)49-43/h1-33H. The average molecular weight is 644 g/mol. The van der Waals surface area contributed by atoms with E-state index in [1.165, 1.54) is 53.9 Å². The van der Waals surface area contributed by atoms with Crippen molar-refractivity contribution in [3.63, 3.8) is 0 Å². The van der Waals surface area contributed by atoms with Crippen molar-refractivity contribution in [3.05, 3.63) is 222 Å². The fraction of sp³-hybridized carbons (Fsp3) is 0.0213. The number of anilines is 3. The van der Waals surface area contributed by atoms with Crippen LogP contribution in [0.15, 0.2) is 210 Å². The predicted octanol–water partition coefficient (Wildman–Crippen LogP) is 12.8. The van der Waals surface area contributed by atoms with Gasteiger partial charge in [0.1, 0.15) is 0 Å². The van der Waals surface area contributed by atoms with Crippen molar-refractivity contribution in [1.29, 1.82) is 0 Å². The van der Waals surface area contributed by atoms with E-state index >= 15 is 0 Å². The third-order valence-corrected chi connectivity index (χ3v) is 10.9. The molecular weight excluding hydrogens is 611 g/mol. The Kier molecular flexibility index (Phi) is 7.37. The summed E-state index contributed by atoms with van der Waals surface area (Å²) in [4.78, 5) is 5.00. The fourth-order valence-electron chi connectivity index (χ4n) is 7.69. The van der Waals surface area contributed by atoms with Crippen LogP contribution in [0.4, 0.5) is 17.1 Å². The number of hydrogen-bond donors (Lipinski definition) is 0.